The van der Waals surface area contributed by atoms with Crippen molar-refractivity contribution in [2.24, 2.45) is 9.98 Å². The monoisotopic (exact) mass is 135 g/mol. The van der Waals surface area contributed by atoms with Gasteiger partial charge in [-0.15, -0.1) is 0 Å². The Morgan fingerprint density at radius 1 is 1.50 bits per heavy atom. The summed E-state index contributed by atoms with van der Waals surface area (Å²) in [6.07, 6.45) is 7.88. The van der Waals surface area contributed by atoms with Gasteiger partial charge >= 0.3 is 0 Å². The zero-order valence-electron chi connectivity index (χ0n) is 5.62. The molecule has 0 fully saturated rings. The van der Waals surface area contributed by atoms with Crippen molar-refractivity contribution in [3.8, 4) is 0 Å². The SMILES string of the molecule is C1=NC2N=CNC=C2CC1. The standard InChI is InChI=1S/C7H9N3/c1-2-6-4-8-5-10-7(6)9-3-1/h3-5,7H,1-2H2,(H,8,10). The first-order valence-electron chi connectivity index (χ1n) is 3.45. The fourth-order valence-electron chi connectivity index (χ4n) is 1.17. The average molecular weight is 135 g/mol. The van der Waals surface area contributed by atoms with Crippen LogP contribution in [0, 0.1) is 0 Å². The molecule has 2 heterocycles. The number of hydrogen-bond donors (Lipinski definition) is 1. The average Bonchev–Trinajstić information content (AvgIpc) is 2.05. The second-order valence-electron chi connectivity index (χ2n) is 2.41. The van der Waals surface area contributed by atoms with Gasteiger partial charge in [0, 0.05) is 12.4 Å². The largest absolute Gasteiger partial charge is 0.353 e. The second-order valence-corrected chi connectivity index (χ2v) is 2.41. The predicted octanol–water partition coefficient (Wildman–Crippen LogP) is 0.693. The summed E-state index contributed by atoms with van der Waals surface area (Å²) >= 11 is 0. The van der Waals surface area contributed by atoms with Crippen LogP contribution in [-0.4, -0.2) is 18.7 Å². The molecule has 0 bridgehead atoms. The van der Waals surface area contributed by atoms with Gasteiger partial charge in [0.05, 0.1) is 6.34 Å². The van der Waals surface area contributed by atoms with E-state index in [1.165, 1.54) is 5.57 Å². The first kappa shape index (κ1) is 5.65. The third-order valence-corrected chi connectivity index (χ3v) is 1.70. The Bertz CT molecular complexity index is 215. The third kappa shape index (κ3) is 0.835. The van der Waals surface area contributed by atoms with Crippen LogP contribution in [0.15, 0.2) is 21.8 Å². The molecule has 0 aromatic carbocycles. The molecule has 0 amide bonds. The van der Waals surface area contributed by atoms with E-state index < -0.39 is 0 Å². The highest BCUT2D eigenvalue weighted by Gasteiger charge is 2.14. The van der Waals surface area contributed by atoms with Crippen molar-refractivity contribution in [2.75, 3.05) is 0 Å². The Hall–Kier alpha value is -1.12. The highest BCUT2D eigenvalue weighted by atomic mass is 15.1. The molecule has 0 aromatic rings. The van der Waals surface area contributed by atoms with E-state index in [1.54, 1.807) is 6.34 Å². The minimum atomic E-state index is 0.0926. The van der Waals surface area contributed by atoms with Gasteiger partial charge in [-0.25, -0.2) is 4.99 Å². The first-order chi connectivity index (χ1) is 4.97. The van der Waals surface area contributed by atoms with Crippen molar-refractivity contribution in [1.82, 2.24) is 5.32 Å². The van der Waals surface area contributed by atoms with Crippen LogP contribution in [0.5, 0.6) is 0 Å². The molecule has 0 aromatic heterocycles. The highest BCUT2D eigenvalue weighted by molar-refractivity contribution is 5.64. The van der Waals surface area contributed by atoms with E-state index in [1.807, 2.05) is 12.4 Å². The summed E-state index contributed by atoms with van der Waals surface area (Å²) in [4.78, 5) is 8.37. The number of rotatable bonds is 0. The van der Waals surface area contributed by atoms with E-state index >= 15 is 0 Å². The zero-order chi connectivity index (χ0) is 6.81. The fourth-order valence-corrected chi connectivity index (χ4v) is 1.17. The van der Waals surface area contributed by atoms with Crippen molar-refractivity contribution >= 4 is 12.6 Å². The molecule has 3 nitrogen and oxygen atoms in total. The minimum absolute atomic E-state index is 0.0926. The van der Waals surface area contributed by atoms with Crippen LogP contribution in [-0.2, 0) is 0 Å². The van der Waals surface area contributed by atoms with Gasteiger partial charge in [-0.2, -0.15) is 0 Å². The van der Waals surface area contributed by atoms with E-state index in [0.717, 1.165) is 12.8 Å². The van der Waals surface area contributed by atoms with Gasteiger partial charge in [0.2, 0.25) is 0 Å². The van der Waals surface area contributed by atoms with E-state index in [2.05, 4.69) is 15.3 Å². The summed E-state index contributed by atoms with van der Waals surface area (Å²) in [5, 5.41) is 2.96. The van der Waals surface area contributed by atoms with Gasteiger partial charge < -0.3 is 5.32 Å². The Balaban J connectivity index is 2.26. The van der Waals surface area contributed by atoms with Crippen LogP contribution in [0.1, 0.15) is 12.8 Å². The molecule has 3 heteroatoms. The van der Waals surface area contributed by atoms with Crippen LogP contribution in [0.3, 0.4) is 0 Å². The smallest absolute Gasteiger partial charge is 0.164 e. The molecule has 0 aliphatic carbocycles. The maximum atomic E-state index is 4.22. The maximum Gasteiger partial charge on any atom is 0.164 e. The lowest BCUT2D eigenvalue weighted by atomic mass is 10.1. The molecule has 0 spiro atoms. The van der Waals surface area contributed by atoms with Crippen molar-refractivity contribution < 1.29 is 0 Å². The topological polar surface area (TPSA) is 36.8 Å². The lowest BCUT2D eigenvalue weighted by Crippen LogP contribution is -2.20. The summed E-state index contributed by atoms with van der Waals surface area (Å²) in [5.74, 6) is 0. The Morgan fingerprint density at radius 2 is 2.50 bits per heavy atom. The zero-order valence-corrected chi connectivity index (χ0v) is 5.62. The second kappa shape index (κ2) is 2.25. The van der Waals surface area contributed by atoms with Gasteiger partial charge in [-0.3, -0.25) is 4.99 Å². The van der Waals surface area contributed by atoms with Crippen molar-refractivity contribution in [3.05, 3.63) is 11.8 Å². The summed E-state index contributed by atoms with van der Waals surface area (Å²) in [6.45, 7) is 0. The van der Waals surface area contributed by atoms with E-state index in [9.17, 15) is 0 Å². The molecule has 1 N–H and O–H groups in total. The Morgan fingerprint density at radius 3 is 3.40 bits per heavy atom. The molecule has 0 saturated carbocycles. The highest BCUT2D eigenvalue weighted by Crippen LogP contribution is 2.18. The van der Waals surface area contributed by atoms with Crippen LogP contribution in [0.25, 0.3) is 0 Å². The van der Waals surface area contributed by atoms with Crippen molar-refractivity contribution in [2.45, 2.75) is 19.0 Å². The quantitative estimate of drug-likeness (QED) is 0.521. The van der Waals surface area contributed by atoms with Crippen LogP contribution >= 0.6 is 0 Å². The third-order valence-electron chi connectivity index (χ3n) is 1.70. The number of hydrogen-bond acceptors (Lipinski definition) is 3. The summed E-state index contributed by atoms with van der Waals surface area (Å²) in [5.41, 5.74) is 1.30. The Kier molecular flexibility index (Phi) is 1.27. The lowest BCUT2D eigenvalue weighted by molar-refractivity contribution is 0.724. The molecule has 52 valence electrons. The molecule has 2 aliphatic heterocycles. The first-order valence-corrected chi connectivity index (χ1v) is 3.45. The van der Waals surface area contributed by atoms with Crippen LogP contribution in [0.4, 0.5) is 0 Å². The van der Waals surface area contributed by atoms with E-state index in [0.29, 0.717) is 0 Å². The van der Waals surface area contributed by atoms with Gasteiger partial charge in [-0.05, 0) is 18.4 Å². The molecule has 0 radical (unpaired) electrons. The van der Waals surface area contributed by atoms with Gasteiger partial charge in [0.25, 0.3) is 0 Å². The van der Waals surface area contributed by atoms with Gasteiger partial charge in [-0.1, -0.05) is 0 Å². The maximum absolute atomic E-state index is 4.22. The molecule has 0 saturated heterocycles. The number of nitrogens with one attached hydrogen (secondary N) is 1. The summed E-state index contributed by atoms with van der Waals surface area (Å²) < 4.78 is 0. The molecule has 10 heavy (non-hydrogen) atoms. The van der Waals surface area contributed by atoms with E-state index in [4.69, 9.17) is 0 Å². The van der Waals surface area contributed by atoms with Gasteiger partial charge in [0.15, 0.2) is 6.17 Å². The van der Waals surface area contributed by atoms with Crippen molar-refractivity contribution in [3.63, 3.8) is 0 Å². The number of fused-ring (bicyclic) bond motifs is 1. The molecular formula is C7H9N3. The normalized spacial score (nSPS) is 28.8. The van der Waals surface area contributed by atoms with Crippen LogP contribution in [0.2, 0.25) is 0 Å². The van der Waals surface area contributed by atoms with E-state index in [-0.39, 0.29) is 6.17 Å². The molecular weight excluding hydrogens is 126 g/mol. The van der Waals surface area contributed by atoms with Gasteiger partial charge in [0.1, 0.15) is 0 Å². The number of aliphatic imine (C=N–C) groups is 2. The summed E-state index contributed by atoms with van der Waals surface area (Å²) in [7, 11) is 0. The molecule has 2 aliphatic rings. The Labute approximate surface area is 59.6 Å². The molecule has 1 unspecified atom stereocenters. The lowest BCUT2D eigenvalue weighted by Gasteiger charge is -2.18. The predicted molar refractivity (Wildman–Crippen MR) is 41.2 cm³/mol. The van der Waals surface area contributed by atoms with Crippen LogP contribution < -0.4 is 5.32 Å². The number of nitrogens with zero attached hydrogens (tertiary/aromatic N) is 2. The minimum Gasteiger partial charge on any atom is -0.353 e. The summed E-state index contributed by atoms with van der Waals surface area (Å²) in [6, 6.07) is 0. The van der Waals surface area contributed by atoms with Crippen molar-refractivity contribution in [1.29, 1.82) is 0 Å². The fraction of sp³-hybridized carbons (Fsp3) is 0.429. The molecule has 2 rings (SSSR count). The molecule has 1 atom stereocenters.